The van der Waals surface area contributed by atoms with Crippen molar-refractivity contribution in [3.63, 3.8) is 0 Å². The normalized spacial score (nSPS) is 10.7. The molecule has 1 N–H and O–H groups in total. The number of aromatic nitrogens is 1. The first kappa shape index (κ1) is 10.7. The number of aromatic amines is 1. The van der Waals surface area contributed by atoms with Crippen LogP contribution in [0, 0.1) is 12.7 Å². The minimum Gasteiger partial charge on any atom is -0.494 e. The van der Waals surface area contributed by atoms with E-state index in [-0.39, 0.29) is 12.2 Å². The Morgan fingerprint density at radius 3 is 2.88 bits per heavy atom. The van der Waals surface area contributed by atoms with Crippen molar-refractivity contribution in [1.82, 2.24) is 4.98 Å². The van der Waals surface area contributed by atoms with E-state index in [4.69, 9.17) is 4.74 Å². The van der Waals surface area contributed by atoms with Crippen LogP contribution in [0.15, 0.2) is 12.1 Å². The fraction of sp³-hybridized carbons (Fsp3) is 0.250. The second kappa shape index (κ2) is 3.96. The number of aldehydes is 1. The van der Waals surface area contributed by atoms with Crippen molar-refractivity contribution >= 4 is 17.2 Å². The van der Waals surface area contributed by atoms with Gasteiger partial charge in [0.1, 0.15) is 6.29 Å². The van der Waals surface area contributed by atoms with Crippen molar-refractivity contribution in [2.45, 2.75) is 13.3 Å². The van der Waals surface area contributed by atoms with Gasteiger partial charge in [-0.2, -0.15) is 0 Å². The van der Waals surface area contributed by atoms with E-state index in [1.54, 1.807) is 12.1 Å². The summed E-state index contributed by atoms with van der Waals surface area (Å²) in [6.07, 6.45) is 0.977. The summed E-state index contributed by atoms with van der Waals surface area (Å²) in [6, 6.07) is 3.32. The molecule has 0 saturated carbocycles. The third-order valence-corrected chi connectivity index (χ3v) is 2.69. The molecule has 1 heterocycles. The number of H-pyrrole nitrogens is 1. The van der Waals surface area contributed by atoms with Crippen molar-refractivity contribution in [3.05, 3.63) is 29.2 Å². The first-order chi connectivity index (χ1) is 7.69. The van der Waals surface area contributed by atoms with E-state index in [1.807, 2.05) is 6.92 Å². The van der Waals surface area contributed by atoms with Crippen LogP contribution in [-0.4, -0.2) is 18.4 Å². The summed E-state index contributed by atoms with van der Waals surface area (Å²) in [5, 5.41) is 0.448. The largest absolute Gasteiger partial charge is 0.494 e. The lowest BCUT2D eigenvalue weighted by molar-refractivity contribution is -0.107. The van der Waals surface area contributed by atoms with Gasteiger partial charge in [-0.1, -0.05) is 0 Å². The Hall–Kier alpha value is -1.84. The van der Waals surface area contributed by atoms with E-state index >= 15 is 0 Å². The molecule has 0 spiro atoms. The van der Waals surface area contributed by atoms with Gasteiger partial charge < -0.3 is 14.5 Å². The number of halogens is 1. The highest BCUT2D eigenvalue weighted by Crippen LogP contribution is 2.30. The lowest BCUT2D eigenvalue weighted by atomic mass is 10.1. The van der Waals surface area contributed by atoms with Gasteiger partial charge in [0.05, 0.1) is 7.11 Å². The molecule has 0 atom stereocenters. The summed E-state index contributed by atoms with van der Waals surface area (Å²) in [5.74, 6) is -0.222. The molecule has 0 bridgehead atoms. The zero-order chi connectivity index (χ0) is 11.7. The summed E-state index contributed by atoms with van der Waals surface area (Å²) >= 11 is 0. The van der Waals surface area contributed by atoms with Crippen molar-refractivity contribution in [2.75, 3.05) is 7.11 Å². The average Bonchev–Trinajstić information content (AvgIpc) is 2.58. The predicted octanol–water partition coefficient (Wildman–Crippen LogP) is 2.37. The molecule has 0 aliphatic heterocycles. The predicted molar refractivity (Wildman–Crippen MR) is 59.3 cm³/mol. The number of carbonyl (C=O) groups is 1. The van der Waals surface area contributed by atoms with E-state index in [9.17, 15) is 9.18 Å². The molecule has 0 unspecified atom stereocenters. The molecule has 2 rings (SSSR count). The summed E-state index contributed by atoms with van der Waals surface area (Å²) in [6.45, 7) is 1.82. The Morgan fingerprint density at radius 2 is 2.25 bits per heavy atom. The first-order valence-corrected chi connectivity index (χ1v) is 4.96. The number of benzene rings is 1. The molecule has 1 aromatic carbocycles. The lowest BCUT2D eigenvalue weighted by Crippen LogP contribution is -1.92. The zero-order valence-electron chi connectivity index (χ0n) is 9.13. The third-order valence-electron chi connectivity index (χ3n) is 2.69. The Balaban J connectivity index is 2.78. The second-order valence-electron chi connectivity index (χ2n) is 3.60. The number of ether oxygens (including phenoxy) is 1. The van der Waals surface area contributed by atoms with E-state index in [1.165, 1.54) is 7.11 Å². The van der Waals surface area contributed by atoms with E-state index in [0.29, 0.717) is 16.5 Å². The molecule has 0 aliphatic carbocycles. The lowest BCUT2D eigenvalue weighted by Gasteiger charge is -2.03. The van der Waals surface area contributed by atoms with E-state index in [2.05, 4.69) is 4.98 Å². The van der Waals surface area contributed by atoms with Gasteiger partial charge in [0.15, 0.2) is 11.6 Å². The smallest absolute Gasteiger partial charge is 0.174 e. The van der Waals surface area contributed by atoms with E-state index in [0.717, 1.165) is 12.0 Å². The monoisotopic (exact) mass is 221 g/mol. The van der Waals surface area contributed by atoms with Crippen LogP contribution in [0.4, 0.5) is 4.39 Å². The van der Waals surface area contributed by atoms with Crippen LogP contribution in [0.25, 0.3) is 10.9 Å². The number of aryl methyl sites for hydroxylation is 1. The van der Waals surface area contributed by atoms with Gasteiger partial charge in [-0.3, -0.25) is 0 Å². The van der Waals surface area contributed by atoms with Gasteiger partial charge in [0.2, 0.25) is 0 Å². The van der Waals surface area contributed by atoms with Gasteiger partial charge >= 0.3 is 0 Å². The summed E-state index contributed by atoms with van der Waals surface area (Å²) < 4.78 is 18.9. The van der Waals surface area contributed by atoms with Crippen LogP contribution >= 0.6 is 0 Å². The summed E-state index contributed by atoms with van der Waals surface area (Å²) in [4.78, 5) is 13.6. The number of rotatable bonds is 3. The Kier molecular flexibility index (Phi) is 2.64. The summed E-state index contributed by atoms with van der Waals surface area (Å²) in [7, 11) is 1.42. The van der Waals surface area contributed by atoms with Crippen LogP contribution < -0.4 is 4.74 Å². The Labute approximate surface area is 92.2 Å². The minimum absolute atomic E-state index is 0.193. The highest BCUT2D eigenvalue weighted by Gasteiger charge is 2.15. The fourth-order valence-corrected chi connectivity index (χ4v) is 1.92. The molecule has 0 saturated heterocycles. The number of carbonyl (C=O) groups excluding carboxylic acids is 1. The number of hydrogen-bond acceptors (Lipinski definition) is 2. The Morgan fingerprint density at radius 1 is 1.50 bits per heavy atom. The molecule has 16 heavy (non-hydrogen) atoms. The minimum atomic E-state index is -0.416. The molecular formula is C12H12FNO2. The van der Waals surface area contributed by atoms with Gasteiger partial charge in [0.25, 0.3) is 0 Å². The number of hydrogen-bond donors (Lipinski definition) is 1. The third kappa shape index (κ3) is 1.46. The molecular weight excluding hydrogens is 209 g/mol. The van der Waals surface area contributed by atoms with Crippen LogP contribution in [0.1, 0.15) is 11.3 Å². The number of nitrogens with one attached hydrogen (secondary N) is 1. The maximum Gasteiger partial charge on any atom is 0.174 e. The molecule has 4 heteroatoms. The van der Waals surface area contributed by atoms with Gasteiger partial charge in [-0.15, -0.1) is 0 Å². The molecule has 0 amide bonds. The molecule has 0 radical (unpaired) electrons. The van der Waals surface area contributed by atoms with Crippen LogP contribution in [0.2, 0.25) is 0 Å². The molecule has 84 valence electrons. The van der Waals surface area contributed by atoms with Crippen LogP contribution in [0.3, 0.4) is 0 Å². The highest BCUT2D eigenvalue weighted by molar-refractivity contribution is 5.88. The molecule has 0 aliphatic rings. The first-order valence-electron chi connectivity index (χ1n) is 4.96. The SMILES string of the molecule is COc1ccc2[nH]c(C)c(CC=O)c2c1F. The molecule has 1 aromatic heterocycles. The van der Waals surface area contributed by atoms with E-state index < -0.39 is 5.82 Å². The number of methoxy groups -OCH3 is 1. The van der Waals surface area contributed by atoms with Gasteiger partial charge in [0, 0.05) is 23.0 Å². The maximum atomic E-state index is 14.0. The van der Waals surface area contributed by atoms with Crippen molar-refractivity contribution < 1.29 is 13.9 Å². The topological polar surface area (TPSA) is 42.1 Å². The zero-order valence-corrected chi connectivity index (χ0v) is 9.13. The number of fused-ring (bicyclic) bond motifs is 1. The Bertz CT molecular complexity index is 545. The van der Waals surface area contributed by atoms with Gasteiger partial charge in [-0.05, 0) is 24.6 Å². The quantitative estimate of drug-likeness (QED) is 0.808. The summed E-state index contributed by atoms with van der Waals surface area (Å²) in [5.41, 5.74) is 2.20. The standard InChI is InChI=1S/C12H12FNO2/c1-7-8(5-6-15)11-9(14-7)3-4-10(16-2)12(11)13/h3-4,6,14H,5H2,1-2H3. The van der Waals surface area contributed by atoms with Gasteiger partial charge in [-0.25, -0.2) is 4.39 Å². The molecule has 3 nitrogen and oxygen atoms in total. The van der Waals surface area contributed by atoms with Crippen LogP contribution in [-0.2, 0) is 11.2 Å². The van der Waals surface area contributed by atoms with Crippen molar-refractivity contribution in [3.8, 4) is 5.75 Å². The average molecular weight is 221 g/mol. The molecule has 0 fully saturated rings. The molecule has 2 aromatic rings. The second-order valence-corrected chi connectivity index (χ2v) is 3.60. The van der Waals surface area contributed by atoms with Crippen LogP contribution in [0.5, 0.6) is 5.75 Å². The van der Waals surface area contributed by atoms with Crippen molar-refractivity contribution in [2.24, 2.45) is 0 Å². The highest BCUT2D eigenvalue weighted by atomic mass is 19.1. The maximum absolute atomic E-state index is 14.0. The van der Waals surface area contributed by atoms with Crippen molar-refractivity contribution in [1.29, 1.82) is 0 Å². The fourth-order valence-electron chi connectivity index (χ4n) is 1.92.